The number of carbonyl (C=O) groups excluding carboxylic acids is 2. The Hall–Kier alpha value is -3.53. The summed E-state index contributed by atoms with van der Waals surface area (Å²) in [6.07, 6.45) is 3.15. The van der Waals surface area contributed by atoms with Gasteiger partial charge in [-0.2, -0.15) is 0 Å². The Labute approximate surface area is 210 Å². The molecule has 7 nitrogen and oxygen atoms in total. The monoisotopic (exact) mass is 520 g/mol. The van der Waals surface area contributed by atoms with Crippen molar-refractivity contribution in [2.24, 2.45) is 5.92 Å². The largest absolute Gasteiger partial charge is 0.454 e. The average molecular weight is 521 g/mol. The number of carbonyl (C=O) groups is 2. The van der Waals surface area contributed by atoms with E-state index in [-0.39, 0.29) is 52.7 Å². The summed E-state index contributed by atoms with van der Waals surface area (Å²) in [5.74, 6) is -2.60. The van der Waals surface area contributed by atoms with Crippen LogP contribution in [0.15, 0.2) is 54.2 Å². The molecule has 0 bridgehead atoms. The summed E-state index contributed by atoms with van der Waals surface area (Å²) in [6.45, 7) is 7.96. The van der Waals surface area contributed by atoms with Crippen LogP contribution in [0.1, 0.15) is 40.2 Å². The van der Waals surface area contributed by atoms with Gasteiger partial charge in [0, 0.05) is 30.2 Å². The van der Waals surface area contributed by atoms with Crippen molar-refractivity contribution in [3.8, 4) is 11.5 Å². The molecule has 36 heavy (non-hydrogen) atoms. The number of anilines is 1. The van der Waals surface area contributed by atoms with Gasteiger partial charge in [0.15, 0.2) is 23.1 Å². The smallest absolute Gasteiger partial charge is 0.232 e. The summed E-state index contributed by atoms with van der Waals surface area (Å²) < 4.78 is 60.0. The van der Waals surface area contributed by atoms with Crippen LogP contribution in [0.4, 0.5) is 14.5 Å². The maximum Gasteiger partial charge on any atom is 0.232 e. The fraction of sp³-hybridized carbons (Fsp3) is 0.308. The molecule has 194 valence electrons. The third kappa shape index (κ3) is 8.01. The van der Waals surface area contributed by atoms with Crippen molar-refractivity contribution >= 4 is 32.9 Å². The van der Waals surface area contributed by atoms with Gasteiger partial charge in [-0.3, -0.25) is 14.3 Å². The number of allylic oxidation sites excluding steroid dienone is 4. The highest BCUT2D eigenvalue weighted by Gasteiger charge is 2.17. The van der Waals surface area contributed by atoms with Crippen LogP contribution in [-0.2, 0) is 19.6 Å². The molecule has 0 spiro atoms. The van der Waals surface area contributed by atoms with Crippen LogP contribution in [0.5, 0.6) is 11.5 Å². The molecule has 0 aromatic heterocycles. The van der Waals surface area contributed by atoms with Gasteiger partial charge < -0.3 is 10.1 Å². The summed E-state index contributed by atoms with van der Waals surface area (Å²) in [7, 11) is -3.60. The predicted molar refractivity (Wildman–Crippen MR) is 136 cm³/mol. The zero-order chi connectivity index (χ0) is 27.0. The summed E-state index contributed by atoms with van der Waals surface area (Å²) in [5, 5.41) is 2.85. The number of benzene rings is 2. The lowest BCUT2D eigenvalue weighted by atomic mass is 10.0. The number of ketones is 2. The van der Waals surface area contributed by atoms with Crippen molar-refractivity contribution in [1.29, 1.82) is 0 Å². The molecule has 0 radical (unpaired) electrons. The highest BCUT2D eigenvalue weighted by molar-refractivity contribution is 7.92. The number of ether oxygens (including phenoxy) is 1. The lowest BCUT2D eigenvalue weighted by Crippen LogP contribution is -2.28. The Kier molecular flexibility index (Phi) is 9.92. The van der Waals surface area contributed by atoms with E-state index in [0.717, 1.165) is 12.1 Å². The Balaban J connectivity index is 2.58. The van der Waals surface area contributed by atoms with Crippen LogP contribution in [0, 0.1) is 17.6 Å². The normalized spacial score (nSPS) is 12.4. The van der Waals surface area contributed by atoms with Crippen LogP contribution < -0.4 is 14.8 Å². The van der Waals surface area contributed by atoms with Crippen molar-refractivity contribution in [3.05, 3.63) is 71.4 Å². The third-order valence-electron chi connectivity index (χ3n) is 5.14. The van der Waals surface area contributed by atoms with E-state index in [0.29, 0.717) is 17.2 Å². The van der Waals surface area contributed by atoms with Gasteiger partial charge in [0.2, 0.25) is 10.0 Å². The second-order valence-electron chi connectivity index (χ2n) is 8.23. The SMILES string of the molecule is C/C=C(\C=C(\NCC(=O)C(C)C)C(C)=O)c1cc(NS(=O)(=O)CC)ccc1Oc1ccc(F)cc1F. The van der Waals surface area contributed by atoms with Crippen LogP contribution in [0.3, 0.4) is 0 Å². The fourth-order valence-electron chi connectivity index (χ4n) is 2.97. The topological polar surface area (TPSA) is 102 Å². The van der Waals surface area contributed by atoms with Crippen molar-refractivity contribution in [3.63, 3.8) is 0 Å². The van der Waals surface area contributed by atoms with E-state index in [9.17, 15) is 26.8 Å². The molecule has 0 aliphatic heterocycles. The van der Waals surface area contributed by atoms with Gasteiger partial charge in [-0.05, 0) is 55.8 Å². The lowest BCUT2D eigenvalue weighted by Gasteiger charge is -2.16. The van der Waals surface area contributed by atoms with Crippen molar-refractivity contribution in [2.75, 3.05) is 17.0 Å². The van der Waals surface area contributed by atoms with E-state index in [1.165, 1.54) is 38.1 Å². The number of Topliss-reactive ketones (excluding diaryl/α,β-unsaturated/α-hetero) is 2. The highest BCUT2D eigenvalue weighted by Crippen LogP contribution is 2.35. The zero-order valence-corrected chi connectivity index (χ0v) is 21.6. The van der Waals surface area contributed by atoms with Gasteiger partial charge in [0.1, 0.15) is 11.6 Å². The van der Waals surface area contributed by atoms with Gasteiger partial charge in [-0.1, -0.05) is 19.9 Å². The first kappa shape index (κ1) is 28.7. The first-order valence-electron chi connectivity index (χ1n) is 11.3. The van der Waals surface area contributed by atoms with Crippen LogP contribution in [0.25, 0.3) is 5.57 Å². The number of rotatable bonds is 12. The molecule has 2 N–H and O–H groups in total. The molecule has 0 heterocycles. The lowest BCUT2D eigenvalue weighted by molar-refractivity contribution is -0.120. The van der Waals surface area contributed by atoms with Crippen LogP contribution >= 0.6 is 0 Å². The van der Waals surface area contributed by atoms with Crippen molar-refractivity contribution < 1.29 is 31.5 Å². The number of hydrogen-bond donors (Lipinski definition) is 2. The molecule has 2 aromatic carbocycles. The van der Waals surface area contributed by atoms with E-state index in [1.807, 2.05) is 0 Å². The van der Waals surface area contributed by atoms with E-state index < -0.39 is 21.7 Å². The Bertz CT molecular complexity index is 1300. The molecule has 10 heteroatoms. The molecule has 0 amide bonds. The minimum atomic E-state index is -3.60. The Morgan fingerprint density at radius 2 is 1.75 bits per heavy atom. The molecule has 0 atom stereocenters. The number of hydrogen-bond acceptors (Lipinski definition) is 6. The quantitative estimate of drug-likeness (QED) is 0.294. The molecule has 0 unspecified atom stereocenters. The predicted octanol–water partition coefficient (Wildman–Crippen LogP) is 5.21. The molecule has 2 aromatic rings. The Morgan fingerprint density at radius 1 is 1.08 bits per heavy atom. The summed E-state index contributed by atoms with van der Waals surface area (Å²) >= 11 is 0. The van der Waals surface area contributed by atoms with E-state index in [4.69, 9.17) is 4.74 Å². The van der Waals surface area contributed by atoms with Crippen molar-refractivity contribution in [1.82, 2.24) is 5.32 Å². The standard InChI is InChI=1S/C26H30F2N2O5S/c1-6-18(12-23(17(5)31)29-15-24(32)16(3)4)21-14-20(30-36(33,34)7-2)9-11-25(21)35-26-10-8-19(27)13-22(26)28/h6,8-14,16,29-30H,7,15H2,1-5H3/b18-6+,23-12+. The van der Waals surface area contributed by atoms with Crippen LogP contribution in [-0.4, -0.2) is 32.3 Å². The van der Waals surface area contributed by atoms with Gasteiger partial charge in [-0.15, -0.1) is 0 Å². The summed E-state index contributed by atoms with van der Waals surface area (Å²) in [5.41, 5.74) is 1.13. The average Bonchev–Trinajstić information content (AvgIpc) is 2.81. The number of nitrogens with one attached hydrogen (secondary N) is 2. The fourth-order valence-corrected chi connectivity index (χ4v) is 3.60. The van der Waals surface area contributed by atoms with Gasteiger partial charge in [-0.25, -0.2) is 17.2 Å². The Morgan fingerprint density at radius 3 is 2.31 bits per heavy atom. The molecule has 0 fully saturated rings. The summed E-state index contributed by atoms with van der Waals surface area (Å²) in [6, 6.07) is 7.21. The highest BCUT2D eigenvalue weighted by atomic mass is 32.2. The first-order chi connectivity index (χ1) is 16.9. The van der Waals surface area contributed by atoms with E-state index in [1.54, 1.807) is 26.8 Å². The molecule has 0 aliphatic rings. The maximum absolute atomic E-state index is 14.3. The maximum atomic E-state index is 14.3. The van der Waals surface area contributed by atoms with Gasteiger partial charge in [0.05, 0.1) is 18.0 Å². The molecule has 0 saturated carbocycles. The molecule has 0 saturated heterocycles. The summed E-state index contributed by atoms with van der Waals surface area (Å²) in [4.78, 5) is 24.3. The molecule has 0 aliphatic carbocycles. The number of sulfonamides is 1. The first-order valence-corrected chi connectivity index (χ1v) is 12.9. The van der Waals surface area contributed by atoms with Crippen molar-refractivity contribution in [2.45, 2.75) is 34.6 Å². The zero-order valence-electron chi connectivity index (χ0n) is 20.8. The second kappa shape index (κ2) is 12.4. The van der Waals surface area contributed by atoms with E-state index in [2.05, 4.69) is 10.0 Å². The molecular formula is C26H30F2N2O5S. The molecular weight excluding hydrogens is 490 g/mol. The minimum absolute atomic E-state index is 0.0550. The minimum Gasteiger partial charge on any atom is -0.454 e. The van der Waals surface area contributed by atoms with Gasteiger partial charge >= 0.3 is 0 Å². The van der Waals surface area contributed by atoms with E-state index >= 15 is 0 Å². The molecule has 2 rings (SSSR count). The third-order valence-corrected chi connectivity index (χ3v) is 6.45. The number of halogens is 2. The second-order valence-corrected chi connectivity index (χ2v) is 10.2. The van der Waals surface area contributed by atoms with Crippen LogP contribution in [0.2, 0.25) is 0 Å². The van der Waals surface area contributed by atoms with Gasteiger partial charge in [0.25, 0.3) is 0 Å².